The fraction of sp³-hybridized carbons (Fsp3) is 0.516. The predicted octanol–water partition coefficient (Wildman–Crippen LogP) is 2.15. The minimum atomic E-state index is -4.06. The van der Waals surface area contributed by atoms with E-state index in [-0.39, 0.29) is 36.5 Å². The fourth-order valence-corrected chi connectivity index (χ4v) is 5.95. The molecule has 1 aliphatic rings. The average molecular weight is 865 g/mol. The van der Waals surface area contributed by atoms with E-state index < -0.39 is 75.8 Å². The zero-order chi connectivity index (χ0) is 43.4. The second kappa shape index (κ2) is 24.4. The van der Waals surface area contributed by atoms with Crippen LogP contribution in [0.25, 0.3) is 11.2 Å². The molecule has 3 atom stereocenters. The number of imidazole rings is 1. The maximum absolute atomic E-state index is 13.1. The minimum absolute atomic E-state index is 0.0572. The van der Waals surface area contributed by atoms with Crippen LogP contribution in [-0.2, 0) is 58.2 Å². The number of thioether (sulfide) groups is 1. The lowest BCUT2D eigenvalue weighted by Crippen LogP contribution is -2.28. The Labute approximate surface area is 334 Å². The first-order valence-electron chi connectivity index (χ1n) is 16.8. The first kappa shape index (κ1) is 48.8. The molecule has 0 aromatic carbocycles. The second-order valence-corrected chi connectivity index (χ2v) is 14.9. The Bertz CT molecular complexity index is 1900. The van der Waals surface area contributed by atoms with Crippen molar-refractivity contribution in [1.29, 1.82) is 0 Å². The monoisotopic (exact) mass is 864 g/mol. The molecule has 0 amide bonds. The number of nitrogen functional groups attached to an aromatic ring is 2. The van der Waals surface area contributed by atoms with Crippen molar-refractivity contribution in [2.45, 2.75) is 71.1 Å². The van der Waals surface area contributed by atoms with E-state index in [9.17, 15) is 28.5 Å². The zero-order valence-corrected chi connectivity index (χ0v) is 33.6. The Morgan fingerprint density at radius 2 is 1.57 bits per heavy atom. The number of aromatic nitrogens is 6. The molecule has 3 aromatic rings. The van der Waals surface area contributed by atoms with Crippen LogP contribution in [0.4, 0.5) is 21.2 Å². The lowest BCUT2D eigenvalue weighted by molar-refractivity contribution is -0.134. The Kier molecular flexibility index (Phi) is 20.5. The number of carbonyl (C=O) groups is 4. The quantitative estimate of drug-likeness (QED) is 0.0561. The van der Waals surface area contributed by atoms with Gasteiger partial charge in [-0.25, -0.2) is 38.9 Å². The van der Waals surface area contributed by atoms with E-state index in [0.29, 0.717) is 29.1 Å². The molecule has 0 aliphatic carbocycles. The normalized spacial score (nSPS) is 15.6. The number of carboxylic acid groups (broad SMARTS) is 2. The van der Waals surface area contributed by atoms with Gasteiger partial charge in [0.2, 0.25) is 13.6 Å². The Balaban J connectivity index is 0.000000409. The third kappa shape index (κ3) is 18.3. The summed E-state index contributed by atoms with van der Waals surface area (Å²) in [5.74, 6) is -1.46. The van der Waals surface area contributed by atoms with Gasteiger partial charge in [0.05, 0.1) is 37.8 Å². The van der Waals surface area contributed by atoms with Gasteiger partial charge in [-0.2, -0.15) is 4.98 Å². The molecule has 27 heteroatoms. The molecule has 0 bridgehead atoms. The average Bonchev–Trinajstić information content (AvgIpc) is 3.78. The number of nitrogens with two attached hydrogens (primary N) is 2. The van der Waals surface area contributed by atoms with Gasteiger partial charge < -0.3 is 59.8 Å². The van der Waals surface area contributed by atoms with Gasteiger partial charge in [0.1, 0.15) is 35.7 Å². The highest BCUT2D eigenvalue weighted by atomic mass is 32.2. The van der Waals surface area contributed by atoms with E-state index in [2.05, 4.69) is 19.9 Å². The van der Waals surface area contributed by atoms with E-state index in [4.69, 9.17) is 64.3 Å². The molecular formula is C31H45N8O17PS. The Morgan fingerprint density at radius 3 is 2.07 bits per heavy atom. The van der Waals surface area contributed by atoms with Crippen molar-refractivity contribution in [3.63, 3.8) is 0 Å². The summed E-state index contributed by atoms with van der Waals surface area (Å²) in [5.41, 5.74) is 11.4. The molecule has 0 unspecified atom stereocenters. The predicted molar refractivity (Wildman–Crippen MR) is 201 cm³/mol. The molecule has 4 heterocycles. The topological polar surface area (TPSA) is 350 Å². The van der Waals surface area contributed by atoms with E-state index in [1.165, 1.54) is 29.0 Å². The number of aliphatic hydroxyl groups is 1. The summed E-state index contributed by atoms with van der Waals surface area (Å²) in [6, 6.07) is 1.54. The molecule has 3 aromatic heterocycles. The molecule has 58 heavy (non-hydrogen) atoms. The van der Waals surface area contributed by atoms with Gasteiger partial charge >= 0.3 is 37.5 Å². The smallest absolute Gasteiger partial charge is 0.478 e. The number of hydrogen-bond donors (Lipinski definition) is 5. The highest BCUT2D eigenvalue weighted by molar-refractivity contribution is 8.00. The minimum Gasteiger partial charge on any atom is -0.478 e. The van der Waals surface area contributed by atoms with Crippen molar-refractivity contribution in [3.05, 3.63) is 47.6 Å². The number of aliphatic carboxylic acids is 2. The van der Waals surface area contributed by atoms with Crippen LogP contribution < -0.4 is 17.2 Å². The lowest BCUT2D eigenvalue weighted by atomic mass is 10.4. The third-order valence-electron chi connectivity index (χ3n) is 6.33. The number of aliphatic hydroxyl groups excluding tert-OH is 1. The summed E-state index contributed by atoms with van der Waals surface area (Å²) in [7, 11) is -4.06. The highest BCUT2D eigenvalue weighted by Gasteiger charge is 2.29. The van der Waals surface area contributed by atoms with Crippen LogP contribution in [0.15, 0.2) is 41.9 Å². The van der Waals surface area contributed by atoms with Gasteiger partial charge in [-0.05, 0) is 40.7 Å². The van der Waals surface area contributed by atoms with Crippen molar-refractivity contribution in [1.82, 2.24) is 29.1 Å². The van der Waals surface area contributed by atoms with E-state index in [1.54, 1.807) is 51.4 Å². The second-order valence-electron chi connectivity index (χ2n) is 11.7. The summed E-state index contributed by atoms with van der Waals surface area (Å²) in [5, 5.41) is 24.5. The third-order valence-corrected chi connectivity index (χ3v) is 8.90. The highest BCUT2D eigenvalue weighted by Crippen LogP contribution is 2.48. The van der Waals surface area contributed by atoms with E-state index in [1.807, 2.05) is 0 Å². The van der Waals surface area contributed by atoms with Gasteiger partial charge in [-0.1, -0.05) is 0 Å². The summed E-state index contributed by atoms with van der Waals surface area (Å²) in [4.78, 5) is 69.4. The van der Waals surface area contributed by atoms with Gasteiger partial charge in [-0.15, -0.1) is 11.8 Å². The number of carboxylic acids is 2. The number of anilines is 2. The Morgan fingerprint density at radius 1 is 0.983 bits per heavy atom. The first-order valence-corrected chi connectivity index (χ1v) is 19.5. The summed E-state index contributed by atoms with van der Waals surface area (Å²) >= 11 is 1.47. The molecule has 322 valence electrons. The van der Waals surface area contributed by atoms with E-state index in [0.717, 1.165) is 0 Å². The fourth-order valence-electron chi connectivity index (χ4n) is 3.93. The van der Waals surface area contributed by atoms with Gasteiger partial charge in [0.15, 0.2) is 11.5 Å². The van der Waals surface area contributed by atoms with Gasteiger partial charge in [0, 0.05) is 24.1 Å². The zero-order valence-electron chi connectivity index (χ0n) is 31.8. The molecule has 1 saturated heterocycles. The molecule has 7 N–H and O–H groups in total. The molecule has 1 aliphatic heterocycles. The van der Waals surface area contributed by atoms with Crippen LogP contribution in [0.3, 0.4) is 0 Å². The van der Waals surface area contributed by atoms with E-state index >= 15 is 0 Å². The SMILES string of the molecule is CC(C)OC(=O)OCOP(=O)(CO[C@H](C)Cn1cnc2c(N)ncnc21)OCOC(=O)OC(C)C.Nc1ccn([C@H]2CS[C@@H](CO)O2)c(=O)n1.O=C(O)/C=C/C(=O)O. The summed E-state index contributed by atoms with van der Waals surface area (Å²) < 4.78 is 56.4. The molecule has 25 nitrogen and oxygen atoms in total. The van der Waals surface area contributed by atoms with Crippen LogP contribution in [0.1, 0.15) is 40.8 Å². The first-order chi connectivity index (χ1) is 27.3. The Hall–Kier alpha value is -5.37. The van der Waals surface area contributed by atoms with Crippen LogP contribution in [0, 0.1) is 0 Å². The van der Waals surface area contributed by atoms with Gasteiger partial charge in [-0.3, -0.25) is 18.2 Å². The molecule has 0 radical (unpaired) electrons. The van der Waals surface area contributed by atoms with Crippen molar-refractivity contribution < 1.29 is 76.5 Å². The van der Waals surface area contributed by atoms with Gasteiger partial charge in [0.25, 0.3) is 0 Å². The van der Waals surface area contributed by atoms with Crippen LogP contribution in [0.2, 0.25) is 0 Å². The van der Waals surface area contributed by atoms with Crippen LogP contribution >= 0.6 is 19.4 Å². The van der Waals surface area contributed by atoms with Crippen molar-refractivity contribution in [3.8, 4) is 0 Å². The molecular weight excluding hydrogens is 819 g/mol. The van der Waals surface area contributed by atoms with Crippen molar-refractivity contribution in [2.75, 3.05) is 43.8 Å². The van der Waals surface area contributed by atoms with Crippen LogP contribution in [0.5, 0.6) is 0 Å². The van der Waals surface area contributed by atoms with Crippen LogP contribution in [-0.4, -0.2) is 125 Å². The molecule has 0 saturated carbocycles. The maximum Gasteiger partial charge on any atom is 0.510 e. The number of rotatable bonds is 17. The standard InChI is InChI=1S/C19H30N5O10P.C8H11N3O3S.C4H4O4/c1-12(2)33-18(25)28-9-31-35(27,32-10-29-19(26)34-13(3)4)11-30-14(5)6-24-8-23-15-16(20)21-7-22-17(15)24;9-5-1-2-11(8(13)10-5)6-4-15-7(3-12)14-6;5-3(6)1-2-4(7)8/h7-8,12-14H,6,9-11H2,1-5H3,(H2,20,21,22);1-2,6-7,12H,3-4H2,(H2,9,10,13);1-2H,(H,5,6)(H,7,8)/b;;2-1+/t14-;6-,7+;/m11./s1. The number of carbonyl (C=O) groups excluding carboxylic acids is 2. The number of fused-ring (bicyclic) bond motifs is 1. The van der Waals surface area contributed by atoms with Crippen molar-refractivity contribution in [2.24, 2.45) is 0 Å². The summed E-state index contributed by atoms with van der Waals surface area (Å²) in [6.07, 6.45) is 1.16. The number of nitrogens with zero attached hydrogens (tertiary/aromatic N) is 6. The van der Waals surface area contributed by atoms with Crippen molar-refractivity contribution >= 4 is 66.4 Å². The number of hydrogen-bond acceptors (Lipinski definition) is 22. The molecule has 4 rings (SSSR count). The largest absolute Gasteiger partial charge is 0.510 e. The summed E-state index contributed by atoms with van der Waals surface area (Å²) in [6.45, 7) is 6.92. The maximum atomic E-state index is 13.1. The molecule has 0 spiro atoms. The lowest BCUT2D eigenvalue weighted by Gasteiger charge is -2.21. The molecule has 1 fully saturated rings. The number of ether oxygens (including phenoxy) is 6.